The summed E-state index contributed by atoms with van der Waals surface area (Å²) in [7, 11) is -1.89. The van der Waals surface area contributed by atoms with E-state index in [9.17, 15) is 8.42 Å². The topological polar surface area (TPSA) is 87.3 Å². The minimum absolute atomic E-state index is 0.181. The predicted octanol–water partition coefficient (Wildman–Crippen LogP) is 1.71. The van der Waals surface area contributed by atoms with Crippen LogP contribution in [0.1, 0.15) is 18.5 Å². The maximum atomic E-state index is 10.6. The van der Waals surface area contributed by atoms with Crippen molar-refractivity contribution in [3.8, 4) is 0 Å². The molecule has 1 aromatic heterocycles. The second-order valence-corrected chi connectivity index (χ2v) is 7.98. The second-order valence-electron chi connectivity index (χ2n) is 5.57. The van der Waals surface area contributed by atoms with Crippen LogP contribution in [0.25, 0.3) is 0 Å². The predicted molar refractivity (Wildman–Crippen MR) is 96.5 cm³/mol. The molecule has 0 spiro atoms. The minimum atomic E-state index is -3.85. The molecule has 0 unspecified atom stereocenters. The Balaban J connectivity index is 1.79. The SMILES string of the molecule is Cc1csc(=NN=CC2=CCN(CCCCS(=O)(=O)O)C=C2)n1C. The van der Waals surface area contributed by atoms with Gasteiger partial charge in [-0.2, -0.15) is 13.5 Å². The number of nitrogens with zero attached hydrogens (tertiary/aromatic N) is 4. The van der Waals surface area contributed by atoms with Crippen LogP contribution >= 0.6 is 11.3 Å². The summed E-state index contributed by atoms with van der Waals surface area (Å²) in [4.78, 5) is 2.94. The van der Waals surface area contributed by atoms with E-state index in [1.807, 2.05) is 42.3 Å². The third-order valence-electron chi connectivity index (χ3n) is 3.64. The lowest BCUT2D eigenvalue weighted by molar-refractivity contribution is 0.398. The fourth-order valence-corrected chi connectivity index (χ4v) is 3.49. The summed E-state index contributed by atoms with van der Waals surface area (Å²) in [6.07, 6.45) is 8.85. The van der Waals surface area contributed by atoms with Gasteiger partial charge in [0, 0.05) is 31.2 Å². The third kappa shape index (κ3) is 6.06. The van der Waals surface area contributed by atoms with Crippen molar-refractivity contribution in [3.05, 3.63) is 39.8 Å². The quantitative estimate of drug-likeness (QED) is 0.342. The van der Waals surface area contributed by atoms with Crippen molar-refractivity contribution < 1.29 is 13.0 Å². The Morgan fingerprint density at radius 2 is 2.21 bits per heavy atom. The normalized spacial score (nSPS) is 16.2. The third-order valence-corrected chi connectivity index (χ3v) is 5.47. The molecule has 0 amide bonds. The zero-order valence-electron chi connectivity index (χ0n) is 13.8. The highest BCUT2D eigenvalue weighted by atomic mass is 32.2. The van der Waals surface area contributed by atoms with E-state index in [1.54, 1.807) is 17.6 Å². The van der Waals surface area contributed by atoms with Gasteiger partial charge >= 0.3 is 0 Å². The van der Waals surface area contributed by atoms with Crippen molar-refractivity contribution in [1.82, 2.24) is 9.47 Å². The molecular weight excluding hydrogens is 348 g/mol. The van der Waals surface area contributed by atoms with E-state index >= 15 is 0 Å². The summed E-state index contributed by atoms with van der Waals surface area (Å²) >= 11 is 1.55. The number of unbranched alkanes of at least 4 members (excludes halogenated alkanes) is 1. The van der Waals surface area contributed by atoms with Crippen LogP contribution in [0.4, 0.5) is 0 Å². The highest BCUT2D eigenvalue weighted by Crippen LogP contribution is 2.07. The molecule has 132 valence electrons. The Hall–Kier alpha value is -1.71. The highest BCUT2D eigenvalue weighted by Gasteiger charge is 2.06. The molecule has 0 saturated heterocycles. The van der Waals surface area contributed by atoms with Gasteiger partial charge in [0.15, 0.2) is 0 Å². The molecule has 0 aliphatic carbocycles. The van der Waals surface area contributed by atoms with Crippen molar-refractivity contribution in [2.24, 2.45) is 17.3 Å². The first-order valence-corrected chi connectivity index (χ1v) is 10.1. The van der Waals surface area contributed by atoms with Crippen LogP contribution in [0.15, 0.2) is 39.5 Å². The molecule has 2 rings (SSSR count). The Bertz CT molecular complexity index is 816. The molecule has 1 aromatic rings. The van der Waals surface area contributed by atoms with Gasteiger partial charge in [-0.05, 0) is 37.6 Å². The lowest BCUT2D eigenvalue weighted by Gasteiger charge is -2.21. The van der Waals surface area contributed by atoms with E-state index < -0.39 is 10.1 Å². The summed E-state index contributed by atoms with van der Waals surface area (Å²) < 4.78 is 32.0. The minimum Gasteiger partial charge on any atom is -0.374 e. The van der Waals surface area contributed by atoms with Crippen molar-refractivity contribution in [2.45, 2.75) is 19.8 Å². The average molecular weight is 371 g/mol. The largest absolute Gasteiger partial charge is 0.374 e. The number of aryl methyl sites for hydroxylation is 1. The summed E-state index contributed by atoms with van der Waals surface area (Å²) in [5.41, 5.74) is 2.14. The van der Waals surface area contributed by atoms with Crippen molar-refractivity contribution in [2.75, 3.05) is 18.8 Å². The van der Waals surface area contributed by atoms with E-state index in [0.717, 1.165) is 29.2 Å². The summed E-state index contributed by atoms with van der Waals surface area (Å²) in [5.74, 6) is -0.181. The number of aromatic nitrogens is 1. The van der Waals surface area contributed by atoms with Gasteiger partial charge in [-0.25, -0.2) is 0 Å². The van der Waals surface area contributed by atoms with Crippen LogP contribution in [-0.2, 0) is 17.2 Å². The zero-order chi connectivity index (χ0) is 17.6. The Morgan fingerprint density at radius 1 is 1.42 bits per heavy atom. The van der Waals surface area contributed by atoms with Gasteiger partial charge in [-0.15, -0.1) is 16.4 Å². The van der Waals surface area contributed by atoms with E-state index in [4.69, 9.17) is 4.55 Å². The lowest BCUT2D eigenvalue weighted by Crippen LogP contribution is -2.22. The van der Waals surface area contributed by atoms with Crippen LogP contribution in [0.3, 0.4) is 0 Å². The van der Waals surface area contributed by atoms with E-state index in [0.29, 0.717) is 12.8 Å². The molecule has 2 heterocycles. The van der Waals surface area contributed by atoms with Crippen LogP contribution < -0.4 is 4.80 Å². The number of hydrogen-bond acceptors (Lipinski definition) is 6. The van der Waals surface area contributed by atoms with Crippen molar-refractivity contribution in [1.29, 1.82) is 0 Å². The van der Waals surface area contributed by atoms with Gasteiger partial charge in [0.25, 0.3) is 10.1 Å². The molecule has 9 heteroatoms. The first-order chi connectivity index (χ1) is 11.3. The van der Waals surface area contributed by atoms with Gasteiger partial charge < -0.3 is 9.47 Å². The zero-order valence-corrected chi connectivity index (χ0v) is 15.4. The molecule has 24 heavy (non-hydrogen) atoms. The summed E-state index contributed by atoms with van der Waals surface area (Å²) in [5, 5.41) is 10.4. The van der Waals surface area contributed by atoms with Crippen LogP contribution in [0.5, 0.6) is 0 Å². The van der Waals surface area contributed by atoms with Gasteiger partial charge in [-0.3, -0.25) is 4.55 Å². The Morgan fingerprint density at radius 3 is 2.79 bits per heavy atom. The fourth-order valence-electron chi connectivity index (χ4n) is 2.09. The smallest absolute Gasteiger partial charge is 0.264 e. The van der Waals surface area contributed by atoms with Crippen LogP contribution in [0, 0.1) is 6.92 Å². The first-order valence-electron chi connectivity index (χ1n) is 7.61. The van der Waals surface area contributed by atoms with E-state index in [-0.39, 0.29) is 5.75 Å². The molecule has 0 aromatic carbocycles. The maximum Gasteiger partial charge on any atom is 0.264 e. The molecule has 1 N–H and O–H groups in total. The fraction of sp³-hybridized carbons (Fsp3) is 0.467. The monoisotopic (exact) mass is 370 g/mol. The average Bonchev–Trinajstić information content (AvgIpc) is 2.84. The molecule has 7 nitrogen and oxygen atoms in total. The van der Waals surface area contributed by atoms with Crippen LogP contribution in [-0.4, -0.2) is 47.5 Å². The van der Waals surface area contributed by atoms with Gasteiger partial charge in [-0.1, -0.05) is 6.08 Å². The summed E-state index contributed by atoms with van der Waals surface area (Å²) in [6.45, 7) is 3.52. The Kier molecular flexibility index (Phi) is 6.52. The number of hydrogen-bond donors (Lipinski definition) is 1. The molecule has 0 atom stereocenters. The first kappa shape index (κ1) is 18.6. The van der Waals surface area contributed by atoms with Crippen molar-refractivity contribution >= 4 is 27.7 Å². The molecular formula is C15H22N4O3S2. The molecule has 1 aliphatic heterocycles. The second kappa shape index (κ2) is 8.41. The molecule has 0 bridgehead atoms. The number of thiazole rings is 1. The van der Waals surface area contributed by atoms with Crippen LogP contribution in [0.2, 0.25) is 0 Å². The van der Waals surface area contributed by atoms with Gasteiger partial charge in [0.05, 0.1) is 12.0 Å². The number of rotatable bonds is 7. The van der Waals surface area contributed by atoms with E-state index in [2.05, 4.69) is 15.1 Å². The molecule has 1 aliphatic rings. The van der Waals surface area contributed by atoms with Crippen molar-refractivity contribution in [3.63, 3.8) is 0 Å². The standard InChI is InChI=1S/C15H22N4O3S2/c1-13-12-23-15(18(13)2)17-16-11-14-5-8-19(9-6-14)7-3-4-10-24(20,21)22/h5-6,8,11-12H,3-4,7,9-10H2,1-2H3,(H,20,21,22). The van der Waals surface area contributed by atoms with Gasteiger partial charge in [0.2, 0.25) is 4.80 Å². The van der Waals surface area contributed by atoms with Gasteiger partial charge in [0.1, 0.15) is 0 Å². The molecule has 0 fully saturated rings. The van der Waals surface area contributed by atoms with E-state index in [1.165, 1.54) is 0 Å². The number of allylic oxidation sites excluding steroid dienone is 2. The summed E-state index contributed by atoms with van der Waals surface area (Å²) in [6, 6.07) is 0. The Labute approximate surface area is 146 Å². The molecule has 0 radical (unpaired) electrons. The lowest BCUT2D eigenvalue weighted by atomic mass is 10.2. The maximum absolute atomic E-state index is 10.6. The molecule has 0 saturated carbocycles. The highest BCUT2D eigenvalue weighted by molar-refractivity contribution is 7.85.